The Morgan fingerprint density at radius 3 is 2.79 bits per heavy atom. The highest BCUT2D eigenvalue weighted by Gasteiger charge is 2.13. The van der Waals surface area contributed by atoms with Crippen LogP contribution in [0.25, 0.3) is 11.3 Å². The summed E-state index contributed by atoms with van der Waals surface area (Å²) in [5, 5.41) is 15.3. The molecule has 1 amide bonds. The molecule has 0 aliphatic carbocycles. The van der Waals surface area contributed by atoms with Gasteiger partial charge in [-0.2, -0.15) is 0 Å². The molecule has 0 aliphatic rings. The Hall–Kier alpha value is -2.71. The van der Waals surface area contributed by atoms with E-state index in [-0.39, 0.29) is 11.5 Å². The van der Waals surface area contributed by atoms with Crippen LogP contribution in [0.5, 0.6) is 0 Å². The summed E-state index contributed by atoms with van der Waals surface area (Å²) < 4.78 is 14.2. The minimum atomic E-state index is -0.435. The number of hydrogen-bond donors (Lipinski definition) is 2. The molecule has 2 N–H and O–H groups in total. The van der Waals surface area contributed by atoms with Crippen molar-refractivity contribution in [1.82, 2.24) is 15.2 Å². The molecule has 0 bridgehead atoms. The molecule has 0 fully saturated rings. The van der Waals surface area contributed by atoms with E-state index in [4.69, 9.17) is 11.6 Å². The van der Waals surface area contributed by atoms with Crippen LogP contribution in [-0.2, 0) is 4.79 Å². The van der Waals surface area contributed by atoms with Gasteiger partial charge in [0.2, 0.25) is 5.91 Å². The summed E-state index contributed by atoms with van der Waals surface area (Å²) >= 11 is 7.39. The first kappa shape index (κ1) is 20.0. The SMILES string of the molecule is CCC(=O)Nc1cc(Nc2cc(-c3cc(Cl)ccc3F)nnc2SC)ccn1. The van der Waals surface area contributed by atoms with Crippen molar-refractivity contribution in [3.8, 4) is 11.3 Å². The third-order valence-electron chi connectivity index (χ3n) is 3.79. The molecule has 0 radical (unpaired) electrons. The lowest BCUT2D eigenvalue weighted by Crippen LogP contribution is -2.10. The van der Waals surface area contributed by atoms with Crippen LogP contribution in [0.1, 0.15) is 13.3 Å². The minimum absolute atomic E-state index is 0.126. The van der Waals surface area contributed by atoms with Crippen molar-refractivity contribution in [2.45, 2.75) is 18.4 Å². The molecule has 2 aromatic heterocycles. The second kappa shape index (κ2) is 8.99. The summed E-state index contributed by atoms with van der Waals surface area (Å²) in [6.45, 7) is 1.77. The summed E-state index contributed by atoms with van der Waals surface area (Å²) in [6.07, 6.45) is 3.81. The molecule has 144 valence electrons. The molecule has 6 nitrogen and oxygen atoms in total. The predicted molar refractivity (Wildman–Crippen MR) is 111 cm³/mol. The van der Waals surface area contributed by atoms with E-state index in [1.165, 1.54) is 30.0 Å². The normalized spacial score (nSPS) is 10.6. The van der Waals surface area contributed by atoms with Crippen LogP contribution >= 0.6 is 23.4 Å². The van der Waals surface area contributed by atoms with Gasteiger partial charge >= 0.3 is 0 Å². The van der Waals surface area contributed by atoms with Crippen molar-refractivity contribution in [3.63, 3.8) is 0 Å². The van der Waals surface area contributed by atoms with Gasteiger partial charge in [-0.05, 0) is 36.6 Å². The summed E-state index contributed by atoms with van der Waals surface area (Å²) in [5.74, 6) is -0.126. The quantitative estimate of drug-likeness (QED) is 0.540. The van der Waals surface area contributed by atoms with Crippen LogP contribution in [0.3, 0.4) is 0 Å². The molecule has 0 unspecified atom stereocenters. The largest absolute Gasteiger partial charge is 0.353 e. The monoisotopic (exact) mass is 417 g/mol. The number of thioether (sulfide) groups is 1. The van der Waals surface area contributed by atoms with E-state index in [1.807, 2.05) is 6.26 Å². The van der Waals surface area contributed by atoms with Crippen molar-refractivity contribution in [2.75, 3.05) is 16.9 Å². The van der Waals surface area contributed by atoms with Crippen LogP contribution in [0.4, 0.5) is 21.6 Å². The first-order chi connectivity index (χ1) is 13.5. The fourth-order valence-electron chi connectivity index (χ4n) is 2.41. The van der Waals surface area contributed by atoms with Crippen molar-refractivity contribution >= 4 is 46.5 Å². The third-order valence-corrected chi connectivity index (χ3v) is 4.71. The van der Waals surface area contributed by atoms with Crippen LogP contribution in [-0.4, -0.2) is 27.3 Å². The summed E-state index contributed by atoms with van der Waals surface area (Å²) in [4.78, 5) is 15.7. The van der Waals surface area contributed by atoms with E-state index in [9.17, 15) is 9.18 Å². The predicted octanol–water partition coefficient (Wildman–Crippen LogP) is 5.15. The van der Waals surface area contributed by atoms with Gasteiger partial charge in [0.1, 0.15) is 16.7 Å². The lowest BCUT2D eigenvalue weighted by molar-refractivity contribution is -0.115. The van der Waals surface area contributed by atoms with Crippen LogP contribution in [0, 0.1) is 5.82 Å². The number of nitrogens with zero attached hydrogens (tertiary/aromatic N) is 3. The molecule has 0 spiro atoms. The van der Waals surface area contributed by atoms with E-state index >= 15 is 0 Å². The Morgan fingerprint density at radius 2 is 2.04 bits per heavy atom. The summed E-state index contributed by atoms with van der Waals surface area (Å²) in [7, 11) is 0. The Morgan fingerprint density at radius 1 is 1.21 bits per heavy atom. The van der Waals surface area contributed by atoms with Gasteiger partial charge in [0, 0.05) is 35.0 Å². The van der Waals surface area contributed by atoms with Gasteiger partial charge in [-0.3, -0.25) is 4.79 Å². The number of anilines is 3. The summed E-state index contributed by atoms with van der Waals surface area (Å²) in [6, 6.07) is 9.45. The zero-order valence-electron chi connectivity index (χ0n) is 15.2. The maximum atomic E-state index is 14.2. The molecule has 1 aromatic carbocycles. The van der Waals surface area contributed by atoms with Crippen molar-refractivity contribution < 1.29 is 9.18 Å². The Bertz CT molecular complexity index is 1020. The fraction of sp³-hybridized carbons (Fsp3) is 0.158. The molecular formula is C19H17ClFN5OS. The minimum Gasteiger partial charge on any atom is -0.353 e. The van der Waals surface area contributed by atoms with Crippen LogP contribution in [0.15, 0.2) is 47.6 Å². The molecular weight excluding hydrogens is 401 g/mol. The molecule has 3 aromatic rings. The lowest BCUT2D eigenvalue weighted by Gasteiger charge is -2.12. The lowest BCUT2D eigenvalue weighted by atomic mass is 10.1. The molecule has 9 heteroatoms. The Labute approximate surface area is 170 Å². The highest BCUT2D eigenvalue weighted by Crippen LogP contribution is 2.31. The molecule has 0 atom stereocenters. The van der Waals surface area contributed by atoms with Crippen LogP contribution < -0.4 is 10.6 Å². The van der Waals surface area contributed by atoms with Crippen molar-refractivity contribution in [3.05, 3.63) is 53.4 Å². The van der Waals surface area contributed by atoms with Crippen molar-refractivity contribution in [1.29, 1.82) is 0 Å². The average molecular weight is 418 g/mol. The number of nitrogens with one attached hydrogen (secondary N) is 2. The first-order valence-corrected chi connectivity index (χ1v) is 10.0. The number of amides is 1. The van der Waals surface area contributed by atoms with E-state index in [0.29, 0.717) is 39.4 Å². The number of halogens is 2. The first-order valence-electron chi connectivity index (χ1n) is 8.40. The number of aromatic nitrogens is 3. The van der Waals surface area contributed by atoms with Gasteiger partial charge in [0.15, 0.2) is 0 Å². The highest BCUT2D eigenvalue weighted by atomic mass is 35.5. The number of benzene rings is 1. The van der Waals surface area contributed by atoms with E-state index in [0.717, 1.165) is 0 Å². The van der Waals surface area contributed by atoms with Crippen molar-refractivity contribution in [2.24, 2.45) is 0 Å². The van der Waals surface area contributed by atoms with E-state index in [2.05, 4.69) is 25.8 Å². The smallest absolute Gasteiger partial charge is 0.225 e. The third kappa shape index (κ3) is 4.76. The van der Waals surface area contributed by atoms with Gasteiger partial charge in [-0.25, -0.2) is 9.37 Å². The Balaban J connectivity index is 1.94. The van der Waals surface area contributed by atoms with Gasteiger partial charge in [-0.15, -0.1) is 22.0 Å². The van der Waals surface area contributed by atoms with E-state index in [1.54, 1.807) is 31.3 Å². The molecule has 0 saturated carbocycles. The van der Waals surface area contributed by atoms with Gasteiger partial charge in [-0.1, -0.05) is 18.5 Å². The Kier molecular flexibility index (Phi) is 6.43. The topological polar surface area (TPSA) is 79.8 Å². The fourth-order valence-corrected chi connectivity index (χ4v) is 3.03. The molecule has 0 aliphatic heterocycles. The maximum absolute atomic E-state index is 14.2. The molecule has 3 rings (SSSR count). The zero-order valence-corrected chi connectivity index (χ0v) is 16.7. The number of carbonyl (C=O) groups is 1. The zero-order chi connectivity index (χ0) is 20.1. The number of hydrogen-bond acceptors (Lipinski definition) is 6. The van der Waals surface area contributed by atoms with Gasteiger partial charge < -0.3 is 10.6 Å². The standard InChI is InChI=1S/C19H17ClFN5OS/c1-3-18(27)24-17-9-12(6-7-22-17)23-16-10-15(25-26-19(16)28-2)13-8-11(20)4-5-14(13)21/h4-10H,3H2,1-2H3,(H2,22,23,24,25,27). The maximum Gasteiger partial charge on any atom is 0.225 e. The average Bonchev–Trinajstić information content (AvgIpc) is 2.70. The molecule has 0 saturated heterocycles. The molecule has 28 heavy (non-hydrogen) atoms. The van der Waals surface area contributed by atoms with Crippen LogP contribution in [0.2, 0.25) is 5.02 Å². The number of pyridine rings is 1. The number of rotatable bonds is 6. The number of carbonyl (C=O) groups excluding carboxylic acids is 1. The van der Waals surface area contributed by atoms with E-state index < -0.39 is 5.82 Å². The highest BCUT2D eigenvalue weighted by molar-refractivity contribution is 7.98. The second-order valence-corrected chi connectivity index (χ2v) is 6.96. The molecule has 2 heterocycles. The summed E-state index contributed by atoms with van der Waals surface area (Å²) in [5.41, 5.74) is 1.97. The second-order valence-electron chi connectivity index (χ2n) is 5.73. The van der Waals surface area contributed by atoms with Gasteiger partial charge in [0.25, 0.3) is 0 Å². The van der Waals surface area contributed by atoms with Gasteiger partial charge in [0.05, 0.1) is 11.4 Å².